The normalized spacial score (nSPS) is 10.7. The smallest absolute Gasteiger partial charge is 0.264 e. The van der Waals surface area contributed by atoms with Crippen LogP contribution < -0.4 is 0 Å². The van der Waals surface area contributed by atoms with Gasteiger partial charge in [0.25, 0.3) is 5.91 Å². The average Bonchev–Trinajstić information content (AvgIpc) is 2.88. The first kappa shape index (κ1) is 14.0. The number of halogens is 5. The molecule has 0 atom stereocenters. The highest BCUT2D eigenvalue weighted by atomic mass is 35.5. The predicted octanol–water partition coefficient (Wildman–Crippen LogP) is 5.44. The van der Waals surface area contributed by atoms with Crippen molar-refractivity contribution in [2.75, 3.05) is 0 Å². The topological polar surface area (TPSA) is 22.0 Å². The Kier molecular flexibility index (Phi) is 4.15. The molecule has 0 aliphatic rings. The fourth-order valence-corrected chi connectivity index (χ4v) is 2.69. The molecule has 0 fully saturated rings. The van der Waals surface area contributed by atoms with Gasteiger partial charge in [-0.15, -0.1) is 0 Å². The molecule has 0 unspecified atom stereocenters. The van der Waals surface area contributed by atoms with Crippen molar-refractivity contribution in [3.05, 3.63) is 55.2 Å². The molecule has 2 nitrogen and oxygen atoms in total. The van der Waals surface area contributed by atoms with Crippen LogP contribution in [0, 0.1) is 0 Å². The van der Waals surface area contributed by atoms with Gasteiger partial charge < -0.3 is 0 Å². The van der Waals surface area contributed by atoms with Gasteiger partial charge in [-0.1, -0.05) is 58.0 Å². The molecule has 0 N–H and O–H groups in total. The third-order valence-electron chi connectivity index (χ3n) is 2.26. The Morgan fingerprint density at radius 2 is 1.17 bits per heavy atom. The molecule has 7 heteroatoms. The highest BCUT2D eigenvalue weighted by Gasteiger charge is 2.24. The van der Waals surface area contributed by atoms with Gasteiger partial charge >= 0.3 is 0 Å². The first-order valence-electron chi connectivity index (χ1n) is 4.64. The zero-order valence-electron chi connectivity index (χ0n) is 8.55. The minimum atomic E-state index is -0.435. The Bertz CT molecular complexity index is 592. The fourth-order valence-electron chi connectivity index (χ4n) is 1.39. The van der Waals surface area contributed by atoms with Crippen molar-refractivity contribution in [1.82, 2.24) is 4.57 Å². The van der Waals surface area contributed by atoms with Crippen LogP contribution in [0.25, 0.3) is 0 Å². The molecular weight excluding hydrogens is 339 g/mol. The molecule has 0 aliphatic carbocycles. The number of aromatic nitrogens is 1. The minimum Gasteiger partial charge on any atom is -0.291 e. The van der Waals surface area contributed by atoms with Crippen LogP contribution in [0.2, 0.25) is 25.1 Å². The van der Waals surface area contributed by atoms with Gasteiger partial charge in [0.15, 0.2) is 0 Å². The Morgan fingerprint density at radius 3 is 1.61 bits per heavy atom. The van der Waals surface area contributed by atoms with E-state index >= 15 is 0 Å². The molecule has 0 saturated carbocycles. The first-order valence-corrected chi connectivity index (χ1v) is 6.53. The number of carbonyl (C=O) groups excluding carboxylic acids is 1. The lowest BCUT2D eigenvalue weighted by atomic mass is 10.2. The largest absolute Gasteiger partial charge is 0.291 e. The summed E-state index contributed by atoms with van der Waals surface area (Å²) in [7, 11) is 0. The van der Waals surface area contributed by atoms with E-state index < -0.39 is 5.91 Å². The van der Waals surface area contributed by atoms with Crippen molar-refractivity contribution in [3.63, 3.8) is 0 Å². The summed E-state index contributed by atoms with van der Waals surface area (Å²) < 4.78 is 1.31. The van der Waals surface area contributed by atoms with E-state index in [9.17, 15) is 4.79 Å². The monoisotopic (exact) mass is 341 g/mol. The molecular formula is C11H4Cl5NO. The summed E-state index contributed by atoms with van der Waals surface area (Å²) in [5.41, 5.74) is 0.0222. The molecule has 0 spiro atoms. The van der Waals surface area contributed by atoms with E-state index in [4.69, 9.17) is 58.0 Å². The van der Waals surface area contributed by atoms with Crippen LogP contribution in [-0.4, -0.2) is 10.5 Å². The molecule has 1 aromatic heterocycles. The van der Waals surface area contributed by atoms with Gasteiger partial charge in [-0.3, -0.25) is 9.36 Å². The van der Waals surface area contributed by atoms with E-state index in [1.807, 2.05) is 0 Å². The number of rotatable bonds is 1. The highest BCUT2D eigenvalue weighted by Crippen LogP contribution is 2.44. The van der Waals surface area contributed by atoms with Crippen molar-refractivity contribution < 1.29 is 4.79 Å². The summed E-state index contributed by atoms with van der Waals surface area (Å²) in [5, 5.41) is -0.00611. The third kappa shape index (κ3) is 2.24. The zero-order valence-corrected chi connectivity index (χ0v) is 12.3. The second-order valence-corrected chi connectivity index (χ2v) is 5.23. The maximum Gasteiger partial charge on any atom is 0.264 e. The summed E-state index contributed by atoms with van der Waals surface area (Å²) in [6.45, 7) is 0. The molecule has 0 saturated heterocycles. The molecule has 0 radical (unpaired) electrons. The molecule has 2 aromatic rings. The van der Waals surface area contributed by atoms with Crippen LogP contribution in [0.3, 0.4) is 0 Å². The maximum atomic E-state index is 12.2. The molecule has 18 heavy (non-hydrogen) atoms. The number of benzene rings is 1. The number of nitrogens with zero attached hydrogens (tertiary/aromatic N) is 1. The molecule has 94 valence electrons. The lowest BCUT2D eigenvalue weighted by molar-refractivity contribution is 0.0960. The van der Waals surface area contributed by atoms with Crippen molar-refractivity contribution in [2.45, 2.75) is 0 Å². The predicted molar refractivity (Wildman–Crippen MR) is 75.7 cm³/mol. The van der Waals surface area contributed by atoms with E-state index in [0.717, 1.165) is 0 Å². The lowest BCUT2D eigenvalue weighted by Crippen LogP contribution is -2.11. The van der Waals surface area contributed by atoms with Gasteiger partial charge in [-0.25, -0.2) is 0 Å². The van der Waals surface area contributed by atoms with Crippen LogP contribution in [-0.2, 0) is 0 Å². The molecule has 0 aliphatic heterocycles. The Labute approximate surface area is 128 Å². The Balaban J connectivity index is 2.69. The summed E-state index contributed by atoms with van der Waals surface area (Å²) in [6, 6.07) is 3.39. The van der Waals surface area contributed by atoms with Gasteiger partial charge in [-0.05, 0) is 12.1 Å². The molecule has 0 bridgehead atoms. The summed E-state index contributed by atoms with van der Waals surface area (Å²) >= 11 is 29.6. The third-order valence-corrected chi connectivity index (χ3v) is 4.54. The Morgan fingerprint density at radius 1 is 0.778 bits per heavy atom. The van der Waals surface area contributed by atoms with Crippen molar-refractivity contribution in [3.8, 4) is 0 Å². The van der Waals surface area contributed by atoms with Gasteiger partial charge in [-0.2, -0.15) is 0 Å². The van der Waals surface area contributed by atoms with Gasteiger partial charge in [0, 0.05) is 12.4 Å². The van der Waals surface area contributed by atoms with Crippen LogP contribution >= 0.6 is 58.0 Å². The van der Waals surface area contributed by atoms with Crippen LogP contribution in [0.5, 0.6) is 0 Å². The van der Waals surface area contributed by atoms with E-state index in [-0.39, 0.29) is 30.7 Å². The molecule has 0 amide bonds. The van der Waals surface area contributed by atoms with Gasteiger partial charge in [0.1, 0.15) is 0 Å². The molecule has 1 heterocycles. The van der Waals surface area contributed by atoms with E-state index in [1.165, 1.54) is 4.57 Å². The van der Waals surface area contributed by atoms with Crippen LogP contribution in [0.4, 0.5) is 0 Å². The maximum absolute atomic E-state index is 12.2. The fraction of sp³-hybridized carbons (Fsp3) is 0. The molecule has 1 aromatic carbocycles. The lowest BCUT2D eigenvalue weighted by Gasteiger charge is -2.11. The number of carbonyl (C=O) groups is 1. The standard InChI is InChI=1S/C11H4Cl5NO/c12-6-5(11(18)17-3-1-2-4-17)7(13)9(15)10(16)8(6)14/h1-4H. The zero-order chi connectivity index (χ0) is 13.4. The molecule has 2 rings (SSSR count). The quantitative estimate of drug-likeness (QED) is 0.499. The van der Waals surface area contributed by atoms with Crippen molar-refractivity contribution >= 4 is 63.9 Å². The van der Waals surface area contributed by atoms with Crippen LogP contribution in [0.1, 0.15) is 10.4 Å². The van der Waals surface area contributed by atoms with E-state index in [0.29, 0.717) is 0 Å². The van der Waals surface area contributed by atoms with Gasteiger partial charge in [0.2, 0.25) is 0 Å². The first-order chi connectivity index (χ1) is 8.45. The summed E-state index contributed by atoms with van der Waals surface area (Å²) in [4.78, 5) is 12.2. The van der Waals surface area contributed by atoms with Crippen molar-refractivity contribution in [1.29, 1.82) is 0 Å². The highest BCUT2D eigenvalue weighted by molar-refractivity contribution is 6.56. The number of hydrogen-bond acceptors (Lipinski definition) is 1. The Hall–Kier alpha value is -0.380. The summed E-state index contributed by atoms with van der Waals surface area (Å²) in [6.07, 6.45) is 3.12. The average molecular weight is 343 g/mol. The van der Waals surface area contributed by atoms with Crippen LogP contribution in [0.15, 0.2) is 24.5 Å². The summed E-state index contributed by atoms with van der Waals surface area (Å²) in [5.74, 6) is -0.435. The van der Waals surface area contributed by atoms with Crippen molar-refractivity contribution in [2.24, 2.45) is 0 Å². The van der Waals surface area contributed by atoms with Gasteiger partial charge in [0.05, 0.1) is 30.7 Å². The van der Waals surface area contributed by atoms with E-state index in [1.54, 1.807) is 24.5 Å². The second kappa shape index (κ2) is 5.32. The SMILES string of the molecule is O=C(c1c(Cl)c(Cl)c(Cl)c(Cl)c1Cl)n1cccc1. The minimum absolute atomic E-state index is 0.00300. The second-order valence-electron chi connectivity index (χ2n) is 3.34. The van der Waals surface area contributed by atoms with E-state index in [2.05, 4.69) is 0 Å². The number of hydrogen-bond donors (Lipinski definition) is 0.